The van der Waals surface area contributed by atoms with Crippen molar-refractivity contribution < 1.29 is 14.0 Å². The molecule has 2 aromatic carbocycles. The van der Waals surface area contributed by atoms with E-state index in [2.05, 4.69) is 26.3 Å². The molecule has 128 valence electrons. The van der Waals surface area contributed by atoms with E-state index in [9.17, 15) is 14.0 Å². The fourth-order valence-corrected chi connectivity index (χ4v) is 2.82. The molecule has 0 aliphatic carbocycles. The number of nitrogens with zero attached hydrogens (tertiary/aromatic N) is 2. The van der Waals surface area contributed by atoms with Gasteiger partial charge in [0.25, 0.3) is 5.91 Å². The number of amides is 2. The van der Waals surface area contributed by atoms with Crippen LogP contribution in [0.1, 0.15) is 18.4 Å². The van der Waals surface area contributed by atoms with Crippen LogP contribution in [0, 0.1) is 5.82 Å². The zero-order valence-corrected chi connectivity index (χ0v) is 14.8. The van der Waals surface area contributed by atoms with Crippen molar-refractivity contribution in [1.29, 1.82) is 0 Å². The van der Waals surface area contributed by atoms with E-state index < -0.39 is 0 Å². The Balaban J connectivity index is 1.73. The van der Waals surface area contributed by atoms with Gasteiger partial charge in [0.05, 0.1) is 6.54 Å². The van der Waals surface area contributed by atoms with E-state index in [0.717, 1.165) is 10.0 Å². The van der Waals surface area contributed by atoms with Crippen molar-refractivity contribution in [1.82, 2.24) is 5.01 Å². The van der Waals surface area contributed by atoms with Crippen molar-refractivity contribution in [3.8, 4) is 0 Å². The van der Waals surface area contributed by atoms with E-state index in [4.69, 9.17) is 0 Å². The van der Waals surface area contributed by atoms with Gasteiger partial charge >= 0.3 is 0 Å². The van der Waals surface area contributed by atoms with Crippen LogP contribution >= 0.6 is 15.9 Å². The largest absolute Gasteiger partial charge is 0.321 e. The Hall–Kier alpha value is -2.54. The summed E-state index contributed by atoms with van der Waals surface area (Å²) in [5, 5.41) is 8.21. The van der Waals surface area contributed by atoms with Gasteiger partial charge in [-0.15, -0.1) is 0 Å². The topological polar surface area (TPSA) is 61.8 Å². The first kappa shape index (κ1) is 17.3. The van der Waals surface area contributed by atoms with Crippen LogP contribution in [0.3, 0.4) is 0 Å². The Morgan fingerprint density at radius 1 is 1.20 bits per heavy atom. The molecule has 2 aromatic rings. The maximum atomic E-state index is 13.0. The van der Waals surface area contributed by atoms with Gasteiger partial charge in [-0.3, -0.25) is 9.59 Å². The minimum atomic E-state index is -0.341. The van der Waals surface area contributed by atoms with Crippen LogP contribution in [0.15, 0.2) is 58.1 Å². The maximum Gasteiger partial charge on any atom is 0.271 e. The highest BCUT2D eigenvalue weighted by atomic mass is 79.9. The van der Waals surface area contributed by atoms with Crippen molar-refractivity contribution in [2.45, 2.75) is 19.4 Å². The first-order valence-electron chi connectivity index (χ1n) is 7.70. The van der Waals surface area contributed by atoms with E-state index in [1.165, 1.54) is 17.1 Å². The number of nitrogens with one attached hydrogen (secondary N) is 1. The zero-order chi connectivity index (χ0) is 17.8. The van der Waals surface area contributed by atoms with Gasteiger partial charge in [-0.2, -0.15) is 5.10 Å². The number of rotatable bonds is 4. The van der Waals surface area contributed by atoms with E-state index >= 15 is 0 Å². The van der Waals surface area contributed by atoms with Gasteiger partial charge in [0.1, 0.15) is 11.5 Å². The predicted octanol–water partition coefficient (Wildman–Crippen LogP) is 3.71. The fourth-order valence-electron chi connectivity index (χ4n) is 2.42. The number of hydrogen-bond acceptors (Lipinski definition) is 3. The van der Waals surface area contributed by atoms with Gasteiger partial charge in [-0.05, 0) is 35.9 Å². The lowest BCUT2D eigenvalue weighted by Crippen LogP contribution is -2.36. The second-order valence-electron chi connectivity index (χ2n) is 5.59. The summed E-state index contributed by atoms with van der Waals surface area (Å²) in [6, 6.07) is 13.1. The van der Waals surface area contributed by atoms with Crippen LogP contribution in [0.4, 0.5) is 10.1 Å². The number of benzene rings is 2. The molecule has 1 heterocycles. The Labute approximate surface area is 152 Å². The smallest absolute Gasteiger partial charge is 0.271 e. The molecule has 0 spiro atoms. The molecule has 0 saturated carbocycles. The third-order valence-corrected chi connectivity index (χ3v) is 4.19. The third kappa shape index (κ3) is 4.51. The third-order valence-electron chi connectivity index (χ3n) is 3.70. The van der Waals surface area contributed by atoms with Crippen LogP contribution in [0.5, 0.6) is 0 Å². The van der Waals surface area contributed by atoms with Crippen molar-refractivity contribution in [2.75, 3.05) is 5.32 Å². The van der Waals surface area contributed by atoms with Crippen LogP contribution < -0.4 is 5.32 Å². The summed E-state index contributed by atoms with van der Waals surface area (Å²) >= 11 is 3.35. The molecule has 1 aliphatic rings. The molecule has 1 aliphatic heterocycles. The van der Waals surface area contributed by atoms with Crippen LogP contribution in [0.2, 0.25) is 0 Å². The molecule has 2 amide bonds. The standard InChI is InChI=1S/C18H15BrFN3O2/c19-13-2-1-3-15(10-13)21-18(25)16-8-9-17(24)23(22-16)11-12-4-6-14(20)7-5-12/h1-7,10H,8-9,11H2,(H,21,25). The molecule has 0 aromatic heterocycles. The molecule has 7 heteroatoms. The van der Waals surface area contributed by atoms with E-state index in [-0.39, 0.29) is 30.6 Å². The van der Waals surface area contributed by atoms with Crippen molar-refractivity contribution in [3.05, 3.63) is 64.4 Å². The van der Waals surface area contributed by atoms with Crippen molar-refractivity contribution in [2.24, 2.45) is 5.10 Å². The van der Waals surface area contributed by atoms with E-state index in [1.807, 2.05) is 12.1 Å². The normalized spacial score (nSPS) is 14.2. The predicted molar refractivity (Wildman–Crippen MR) is 96.4 cm³/mol. The summed E-state index contributed by atoms with van der Waals surface area (Å²) in [5.41, 5.74) is 1.68. The molecule has 0 saturated heterocycles. The van der Waals surface area contributed by atoms with Gasteiger partial charge < -0.3 is 5.32 Å². The van der Waals surface area contributed by atoms with E-state index in [1.54, 1.807) is 24.3 Å². The number of carbonyl (C=O) groups is 2. The number of carbonyl (C=O) groups excluding carboxylic acids is 2. The lowest BCUT2D eigenvalue weighted by Gasteiger charge is -2.23. The van der Waals surface area contributed by atoms with Gasteiger partial charge in [0.2, 0.25) is 5.91 Å². The Morgan fingerprint density at radius 3 is 2.68 bits per heavy atom. The second-order valence-corrected chi connectivity index (χ2v) is 6.50. The molecular formula is C18H15BrFN3O2. The molecule has 5 nitrogen and oxygen atoms in total. The maximum absolute atomic E-state index is 13.0. The Bertz CT molecular complexity index is 836. The monoisotopic (exact) mass is 403 g/mol. The number of hydrazone groups is 1. The molecule has 0 fully saturated rings. The Kier molecular flexibility index (Phi) is 5.23. The molecular weight excluding hydrogens is 389 g/mol. The summed E-state index contributed by atoms with van der Waals surface area (Å²) in [6.07, 6.45) is 0.504. The summed E-state index contributed by atoms with van der Waals surface area (Å²) in [4.78, 5) is 24.4. The molecule has 0 unspecified atom stereocenters. The highest BCUT2D eigenvalue weighted by Crippen LogP contribution is 2.18. The zero-order valence-electron chi connectivity index (χ0n) is 13.2. The summed E-state index contributed by atoms with van der Waals surface area (Å²) in [7, 11) is 0. The fraction of sp³-hybridized carbons (Fsp3) is 0.167. The van der Waals surface area contributed by atoms with Crippen LogP contribution in [0.25, 0.3) is 0 Å². The average Bonchev–Trinajstić information content (AvgIpc) is 2.59. The first-order valence-corrected chi connectivity index (χ1v) is 8.50. The average molecular weight is 404 g/mol. The minimum Gasteiger partial charge on any atom is -0.321 e. The van der Waals surface area contributed by atoms with Gasteiger partial charge in [-0.1, -0.05) is 34.1 Å². The highest BCUT2D eigenvalue weighted by molar-refractivity contribution is 9.10. The Morgan fingerprint density at radius 2 is 1.96 bits per heavy atom. The number of hydrogen-bond donors (Lipinski definition) is 1. The quantitative estimate of drug-likeness (QED) is 0.845. The lowest BCUT2D eigenvalue weighted by atomic mass is 10.1. The van der Waals surface area contributed by atoms with Crippen LogP contribution in [-0.2, 0) is 16.1 Å². The van der Waals surface area contributed by atoms with Gasteiger partial charge in [-0.25, -0.2) is 9.40 Å². The van der Waals surface area contributed by atoms with Crippen LogP contribution in [-0.4, -0.2) is 22.5 Å². The highest BCUT2D eigenvalue weighted by Gasteiger charge is 2.24. The molecule has 3 rings (SSSR count). The minimum absolute atomic E-state index is 0.164. The number of halogens is 2. The molecule has 0 bridgehead atoms. The SMILES string of the molecule is O=C(Nc1cccc(Br)c1)C1=NN(Cc2ccc(F)cc2)C(=O)CC1. The van der Waals surface area contributed by atoms with Gasteiger partial charge in [0, 0.05) is 23.0 Å². The summed E-state index contributed by atoms with van der Waals surface area (Å²) in [6.45, 7) is 0.201. The van der Waals surface area contributed by atoms with Crippen molar-refractivity contribution >= 4 is 39.1 Å². The first-order chi connectivity index (χ1) is 12.0. The molecule has 0 radical (unpaired) electrons. The van der Waals surface area contributed by atoms with Crippen molar-refractivity contribution in [3.63, 3.8) is 0 Å². The van der Waals surface area contributed by atoms with E-state index in [0.29, 0.717) is 17.8 Å². The molecule has 1 N–H and O–H groups in total. The summed E-state index contributed by atoms with van der Waals surface area (Å²) in [5.74, 6) is -0.843. The number of anilines is 1. The van der Waals surface area contributed by atoms with Gasteiger partial charge in [0.15, 0.2) is 0 Å². The molecule has 25 heavy (non-hydrogen) atoms. The second kappa shape index (κ2) is 7.57. The molecule has 0 atom stereocenters. The summed E-state index contributed by atoms with van der Waals surface area (Å²) < 4.78 is 13.8. The lowest BCUT2D eigenvalue weighted by molar-refractivity contribution is -0.132.